The third kappa shape index (κ3) is 3.93. The molecular formula is C15H20N2S. The van der Waals surface area contributed by atoms with Crippen LogP contribution in [0.3, 0.4) is 0 Å². The van der Waals surface area contributed by atoms with Crippen molar-refractivity contribution in [3.63, 3.8) is 0 Å². The van der Waals surface area contributed by atoms with Crippen molar-refractivity contribution in [2.24, 2.45) is 0 Å². The molecule has 0 saturated carbocycles. The Morgan fingerprint density at radius 3 is 2.94 bits per heavy atom. The summed E-state index contributed by atoms with van der Waals surface area (Å²) in [6.07, 6.45) is 4.11. The van der Waals surface area contributed by atoms with Crippen LogP contribution in [-0.4, -0.2) is 11.5 Å². The van der Waals surface area contributed by atoms with E-state index in [1.807, 2.05) is 17.5 Å². The highest BCUT2D eigenvalue weighted by Crippen LogP contribution is 2.12. The van der Waals surface area contributed by atoms with Crippen molar-refractivity contribution in [3.8, 4) is 0 Å². The molecule has 18 heavy (non-hydrogen) atoms. The monoisotopic (exact) mass is 260 g/mol. The van der Waals surface area contributed by atoms with Gasteiger partial charge in [-0.2, -0.15) is 0 Å². The van der Waals surface area contributed by atoms with Crippen LogP contribution in [0.2, 0.25) is 0 Å². The lowest BCUT2D eigenvalue weighted by Crippen LogP contribution is -2.15. The number of aryl methyl sites for hydroxylation is 2. The van der Waals surface area contributed by atoms with Crippen LogP contribution in [0.25, 0.3) is 0 Å². The zero-order valence-corrected chi connectivity index (χ0v) is 11.9. The summed E-state index contributed by atoms with van der Waals surface area (Å²) in [5.41, 5.74) is 2.74. The SMILES string of the molecule is CCc1ncc(CNCCc2cccc(C)c2)s1. The highest BCUT2D eigenvalue weighted by Gasteiger charge is 1.99. The first kappa shape index (κ1) is 13.2. The van der Waals surface area contributed by atoms with Crippen molar-refractivity contribution in [3.05, 3.63) is 51.5 Å². The molecule has 0 aliphatic heterocycles. The van der Waals surface area contributed by atoms with Gasteiger partial charge < -0.3 is 5.32 Å². The van der Waals surface area contributed by atoms with E-state index >= 15 is 0 Å². The Hall–Kier alpha value is -1.19. The standard InChI is InChI=1S/C15H20N2S/c1-3-15-17-11-14(18-15)10-16-8-7-13-6-4-5-12(2)9-13/h4-6,9,11,16H,3,7-8,10H2,1-2H3. The van der Waals surface area contributed by atoms with Crippen molar-refractivity contribution in [1.29, 1.82) is 0 Å². The van der Waals surface area contributed by atoms with Crippen LogP contribution in [0.1, 0.15) is 27.9 Å². The van der Waals surface area contributed by atoms with Gasteiger partial charge in [-0.05, 0) is 31.9 Å². The van der Waals surface area contributed by atoms with E-state index in [1.54, 1.807) is 0 Å². The maximum Gasteiger partial charge on any atom is 0.0925 e. The highest BCUT2D eigenvalue weighted by molar-refractivity contribution is 7.11. The van der Waals surface area contributed by atoms with Crippen LogP contribution in [0.15, 0.2) is 30.5 Å². The van der Waals surface area contributed by atoms with Gasteiger partial charge in [0.25, 0.3) is 0 Å². The lowest BCUT2D eigenvalue weighted by molar-refractivity contribution is 0.692. The zero-order chi connectivity index (χ0) is 12.8. The Balaban J connectivity index is 1.72. The summed E-state index contributed by atoms with van der Waals surface area (Å²) in [6, 6.07) is 8.71. The molecule has 2 aromatic rings. The van der Waals surface area contributed by atoms with Crippen LogP contribution in [0, 0.1) is 6.92 Å². The first-order valence-electron chi connectivity index (χ1n) is 6.47. The molecule has 0 radical (unpaired) electrons. The van der Waals surface area contributed by atoms with Crippen LogP contribution in [0.5, 0.6) is 0 Å². The molecule has 0 fully saturated rings. The van der Waals surface area contributed by atoms with Crippen molar-refractivity contribution >= 4 is 11.3 Å². The second kappa shape index (κ2) is 6.66. The van der Waals surface area contributed by atoms with Gasteiger partial charge in [0.2, 0.25) is 0 Å². The van der Waals surface area contributed by atoms with Crippen molar-refractivity contribution in [1.82, 2.24) is 10.3 Å². The number of hydrogen-bond acceptors (Lipinski definition) is 3. The molecule has 1 aromatic carbocycles. The zero-order valence-electron chi connectivity index (χ0n) is 11.1. The lowest BCUT2D eigenvalue weighted by Gasteiger charge is -2.04. The summed E-state index contributed by atoms with van der Waals surface area (Å²) in [5, 5.41) is 4.70. The van der Waals surface area contributed by atoms with Crippen molar-refractivity contribution < 1.29 is 0 Å². The Labute approximate surface area is 113 Å². The van der Waals surface area contributed by atoms with Gasteiger partial charge in [0.05, 0.1) is 5.01 Å². The largest absolute Gasteiger partial charge is 0.311 e. The molecule has 1 aromatic heterocycles. The molecule has 96 valence electrons. The summed E-state index contributed by atoms with van der Waals surface area (Å²) >= 11 is 1.81. The van der Waals surface area contributed by atoms with E-state index in [0.717, 1.165) is 25.9 Å². The Morgan fingerprint density at radius 1 is 1.33 bits per heavy atom. The third-order valence-electron chi connectivity index (χ3n) is 2.88. The van der Waals surface area contributed by atoms with E-state index in [9.17, 15) is 0 Å². The second-order valence-electron chi connectivity index (χ2n) is 4.49. The summed E-state index contributed by atoms with van der Waals surface area (Å²) in [5.74, 6) is 0. The molecule has 0 aliphatic rings. The lowest BCUT2D eigenvalue weighted by atomic mass is 10.1. The Morgan fingerprint density at radius 2 is 2.22 bits per heavy atom. The molecule has 0 amide bonds. The molecule has 1 heterocycles. The molecule has 2 nitrogen and oxygen atoms in total. The molecule has 0 spiro atoms. The van der Waals surface area contributed by atoms with Crippen LogP contribution < -0.4 is 5.32 Å². The quantitative estimate of drug-likeness (QED) is 0.806. The minimum Gasteiger partial charge on any atom is -0.311 e. The molecule has 0 unspecified atom stereocenters. The average Bonchev–Trinajstić information content (AvgIpc) is 2.83. The van der Waals surface area contributed by atoms with Gasteiger partial charge in [-0.3, -0.25) is 0 Å². The van der Waals surface area contributed by atoms with E-state index in [-0.39, 0.29) is 0 Å². The van der Waals surface area contributed by atoms with Gasteiger partial charge >= 0.3 is 0 Å². The fourth-order valence-corrected chi connectivity index (χ4v) is 2.74. The Bertz CT molecular complexity index is 491. The van der Waals surface area contributed by atoms with E-state index in [4.69, 9.17) is 0 Å². The summed E-state index contributed by atoms with van der Waals surface area (Å²) in [4.78, 5) is 5.69. The first-order valence-corrected chi connectivity index (χ1v) is 7.29. The fourth-order valence-electron chi connectivity index (χ4n) is 1.91. The predicted molar refractivity (Wildman–Crippen MR) is 78.1 cm³/mol. The normalized spacial score (nSPS) is 10.8. The number of thiazole rings is 1. The molecule has 0 saturated heterocycles. The average molecular weight is 260 g/mol. The van der Waals surface area contributed by atoms with E-state index in [1.165, 1.54) is 21.0 Å². The molecule has 2 rings (SSSR count). The molecule has 0 aliphatic carbocycles. The van der Waals surface area contributed by atoms with Crippen LogP contribution in [-0.2, 0) is 19.4 Å². The van der Waals surface area contributed by atoms with Gasteiger partial charge in [0.1, 0.15) is 0 Å². The fraction of sp³-hybridized carbons (Fsp3) is 0.400. The molecule has 1 N–H and O–H groups in total. The first-order chi connectivity index (χ1) is 8.78. The van der Waals surface area contributed by atoms with Gasteiger partial charge in [-0.15, -0.1) is 11.3 Å². The minimum absolute atomic E-state index is 0.934. The molecule has 0 atom stereocenters. The van der Waals surface area contributed by atoms with Gasteiger partial charge in [-0.1, -0.05) is 36.8 Å². The maximum absolute atomic E-state index is 4.36. The topological polar surface area (TPSA) is 24.9 Å². The van der Waals surface area contributed by atoms with E-state index in [0.29, 0.717) is 0 Å². The summed E-state index contributed by atoms with van der Waals surface area (Å²) in [6.45, 7) is 6.24. The minimum atomic E-state index is 0.934. The van der Waals surface area contributed by atoms with E-state index in [2.05, 4.69) is 48.4 Å². The third-order valence-corrected chi connectivity index (χ3v) is 4.02. The van der Waals surface area contributed by atoms with Gasteiger partial charge in [0, 0.05) is 17.6 Å². The van der Waals surface area contributed by atoms with Crippen LogP contribution >= 0.6 is 11.3 Å². The van der Waals surface area contributed by atoms with Crippen molar-refractivity contribution in [2.75, 3.05) is 6.54 Å². The maximum atomic E-state index is 4.36. The number of aromatic nitrogens is 1. The molecular weight excluding hydrogens is 240 g/mol. The number of benzene rings is 1. The Kier molecular flexibility index (Phi) is 4.90. The van der Waals surface area contributed by atoms with E-state index < -0.39 is 0 Å². The molecule has 3 heteroatoms. The number of nitrogens with zero attached hydrogens (tertiary/aromatic N) is 1. The van der Waals surface area contributed by atoms with Crippen LogP contribution in [0.4, 0.5) is 0 Å². The predicted octanol–water partition coefficient (Wildman–Crippen LogP) is 3.35. The number of hydrogen-bond donors (Lipinski definition) is 1. The number of rotatable bonds is 6. The summed E-state index contributed by atoms with van der Waals surface area (Å²) < 4.78 is 0. The highest BCUT2D eigenvalue weighted by atomic mass is 32.1. The second-order valence-corrected chi connectivity index (χ2v) is 5.69. The number of nitrogens with one attached hydrogen (secondary N) is 1. The molecule has 0 bridgehead atoms. The van der Waals surface area contributed by atoms with Gasteiger partial charge in [0.15, 0.2) is 0 Å². The van der Waals surface area contributed by atoms with Gasteiger partial charge in [-0.25, -0.2) is 4.98 Å². The van der Waals surface area contributed by atoms with Crippen molar-refractivity contribution in [2.45, 2.75) is 33.2 Å². The summed E-state index contributed by atoms with van der Waals surface area (Å²) in [7, 11) is 0. The smallest absolute Gasteiger partial charge is 0.0925 e.